The normalized spacial score (nSPS) is 16.7. The highest BCUT2D eigenvalue weighted by atomic mass is 16.6. The van der Waals surface area contributed by atoms with Gasteiger partial charge in [-0.1, -0.05) is 86.0 Å². The molecule has 0 aliphatic carbocycles. The number of carbonyl (C=O) groups excluding carboxylic acids is 2. The largest absolute Gasteiger partial charge is 0.459 e. The summed E-state index contributed by atoms with van der Waals surface area (Å²) in [5.74, 6) is -0.675. The van der Waals surface area contributed by atoms with Crippen molar-refractivity contribution in [2.24, 2.45) is 0 Å². The maximum absolute atomic E-state index is 10.7. The van der Waals surface area contributed by atoms with Crippen molar-refractivity contribution in [3.8, 4) is 0 Å². The van der Waals surface area contributed by atoms with E-state index in [1.807, 2.05) is 72.8 Å². The lowest BCUT2D eigenvalue weighted by molar-refractivity contribution is -0.140. The molecule has 172 valence electrons. The van der Waals surface area contributed by atoms with Gasteiger partial charge in [-0.05, 0) is 13.8 Å². The minimum atomic E-state index is -0.337. The summed E-state index contributed by atoms with van der Waals surface area (Å²) < 4.78 is 19.2. The Morgan fingerprint density at radius 1 is 0.656 bits per heavy atom. The highest BCUT2D eigenvalue weighted by Crippen LogP contribution is 2.09. The predicted octanol–water partition coefficient (Wildman–Crippen LogP) is 4.38. The number of benzene rings is 2. The van der Waals surface area contributed by atoms with E-state index in [9.17, 15) is 9.59 Å². The van der Waals surface area contributed by atoms with E-state index in [0.717, 1.165) is 0 Å². The topological polar surface area (TPSA) is 77.7 Å². The minimum Gasteiger partial charge on any atom is -0.459 e. The fourth-order valence-corrected chi connectivity index (χ4v) is 1.68. The highest BCUT2D eigenvalue weighted by Gasteiger charge is 2.24. The standard InChI is InChI=1S/2C7H10O3.2C6H6/c2*1-5(2)7(8)10-4-6-3-9-6;2*1-2-4-6-5-3-1/h2*6H,1,3-4H2,2H3;2*1-6H. The molecule has 0 radical (unpaired) electrons. The molecule has 2 fully saturated rings. The van der Waals surface area contributed by atoms with Crippen LogP contribution in [-0.4, -0.2) is 50.6 Å². The maximum atomic E-state index is 10.7. The second-order valence-electron chi connectivity index (χ2n) is 6.98. The Morgan fingerprint density at radius 3 is 1.03 bits per heavy atom. The van der Waals surface area contributed by atoms with Gasteiger partial charge in [0.05, 0.1) is 13.2 Å². The summed E-state index contributed by atoms with van der Waals surface area (Å²) in [7, 11) is 0. The first-order chi connectivity index (χ1) is 15.4. The smallest absolute Gasteiger partial charge is 0.333 e. The second-order valence-corrected chi connectivity index (χ2v) is 6.98. The Morgan fingerprint density at radius 2 is 0.875 bits per heavy atom. The summed E-state index contributed by atoms with van der Waals surface area (Å²) >= 11 is 0. The van der Waals surface area contributed by atoms with Crippen LogP contribution in [0.15, 0.2) is 97.1 Å². The fraction of sp³-hybridized carbons (Fsp3) is 0.308. The first kappa shape index (κ1) is 26.8. The number of ether oxygens (including phenoxy) is 4. The van der Waals surface area contributed by atoms with Gasteiger partial charge in [-0.3, -0.25) is 0 Å². The monoisotopic (exact) mass is 440 g/mol. The second kappa shape index (κ2) is 16.5. The fourth-order valence-electron chi connectivity index (χ4n) is 1.68. The molecule has 6 nitrogen and oxygen atoms in total. The van der Waals surface area contributed by atoms with Crippen LogP contribution < -0.4 is 0 Å². The molecule has 0 amide bonds. The van der Waals surface area contributed by atoms with Gasteiger partial charge in [0.15, 0.2) is 0 Å². The third-order valence-corrected chi connectivity index (χ3v) is 3.64. The van der Waals surface area contributed by atoms with Crippen molar-refractivity contribution in [3.05, 3.63) is 97.1 Å². The first-order valence-corrected chi connectivity index (χ1v) is 10.3. The molecule has 4 rings (SSSR count). The summed E-state index contributed by atoms with van der Waals surface area (Å²) in [6.45, 7) is 12.3. The van der Waals surface area contributed by atoms with Crippen LogP contribution in [0.1, 0.15) is 13.8 Å². The van der Waals surface area contributed by atoms with Gasteiger partial charge in [-0.15, -0.1) is 0 Å². The molecular weight excluding hydrogens is 408 g/mol. The average molecular weight is 441 g/mol. The zero-order valence-corrected chi connectivity index (χ0v) is 18.8. The van der Waals surface area contributed by atoms with E-state index in [2.05, 4.69) is 13.2 Å². The summed E-state index contributed by atoms with van der Waals surface area (Å²) in [4.78, 5) is 21.4. The van der Waals surface area contributed by atoms with Crippen molar-refractivity contribution < 1.29 is 28.5 Å². The molecule has 6 heteroatoms. The molecule has 2 atom stereocenters. The van der Waals surface area contributed by atoms with E-state index in [1.54, 1.807) is 13.8 Å². The Bertz CT molecular complexity index is 673. The average Bonchev–Trinajstić information content (AvgIpc) is 3.74. The van der Waals surface area contributed by atoms with Crippen LogP contribution in [0.2, 0.25) is 0 Å². The van der Waals surface area contributed by atoms with E-state index in [0.29, 0.717) is 37.6 Å². The number of rotatable bonds is 6. The van der Waals surface area contributed by atoms with Crippen LogP contribution in [-0.2, 0) is 28.5 Å². The molecule has 0 aromatic heterocycles. The van der Waals surface area contributed by atoms with E-state index in [4.69, 9.17) is 18.9 Å². The lowest BCUT2D eigenvalue weighted by Crippen LogP contribution is -2.09. The van der Waals surface area contributed by atoms with Gasteiger partial charge < -0.3 is 18.9 Å². The molecule has 2 saturated heterocycles. The van der Waals surface area contributed by atoms with Gasteiger partial charge >= 0.3 is 11.9 Å². The van der Waals surface area contributed by atoms with Crippen molar-refractivity contribution in [1.29, 1.82) is 0 Å². The molecule has 0 N–H and O–H groups in total. The quantitative estimate of drug-likeness (QED) is 0.377. The summed E-state index contributed by atoms with van der Waals surface area (Å²) in [6, 6.07) is 24.0. The van der Waals surface area contributed by atoms with Crippen molar-refractivity contribution >= 4 is 11.9 Å². The Kier molecular flexibility index (Phi) is 13.8. The predicted molar refractivity (Wildman–Crippen MR) is 124 cm³/mol. The van der Waals surface area contributed by atoms with Gasteiger partial charge in [0.25, 0.3) is 0 Å². The zero-order valence-electron chi connectivity index (χ0n) is 18.8. The van der Waals surface area contributed by atoms with Crippen molar-refractivity contribution in [3.63, 3.8) is 0 Å². The number of esters is 2. The van der Waals surface area contributed by atoms with Crippen LogP contribution in [0.25, 0.3) is 0 Å². The number of hydrogen-bond donors (Lipinski definition) is 0. The molecule has 2 aliphatic heterocycles. The number of carbonyl (C=O) groups is 2. The molecule has 2 aromatic rings. The molecule has 2 heterocycles. The van der Waals surface area contributed by atoms with E-state index >= 15 is 0 Å². The Hall–Kier alpha value is -3.22. The summed E-state index contributed by atoms with van der Waals surface area (Å²) in [6.07, 6.45) is 0.284. The number of epoxide rings is 2. The van der Waals surface area contributed by atoms with Gasteiger partial charge in [-0.25, -0.2) is 9.59 Å². The molecule has 0 spiro atoms. The van der Waals surface area contributed by atoms with Crippen molar-refractivity contribution in [1.82, 2.24) is 0 Å². The van der Waals surface area contributed by atoms with Crippen LogP contribution >= 0.6 is 0 Å². The van der Waals surface area contributed by atoms with Gasteiger partial charge in [0.2, 0.25) is 0 Å². The van der Waals surface area contributed by atoms with Crippen LogP contribution in [0.4, 0.5) is 0 Å². The van der Waals surface area contributed by atoms with Crippen LogP contribution in [0, 0.1) is 0 Å². The Labute approximate surface area is 190 Å². The van der Waals surface area contributed by atoms with Crippen molar-refractivity contribution in [2.45, 2.75) is 26.1 Å². The van der Waals surface area contributed by atoms with Crippen LogP contribution in [0.5, 0.6) is 0 Å². The lowest BCUT2D eigenvalue weighted by atomic mass is 10.4. The first-order valence-electron chi connectivity index (χ1n) is 10.3. The van der Waals surface area contributed by atoms with E-state index < -0.39 is 0 Å². The number of hydrogen-bond acceptors (Lipinski definition) is 6. The van der Waals surface area contributed by atoms with Crippen molar-refractivity contribution in [2.75, 3.05) is 26.4 Å². The third-order valence-electron chi connectivity index (χ3n) is 3.64. The SMILES string of the molecule is C=C(C)C(=O)OCC1CO1.C=C(C)C(=O)OCC1CO1.c1ccccc1.c1ccccc1. The third kappa shape index (κ3) is 16.6. The van der Waals surface area contributed by atoms with Gasteiger partial charge in [0, 0.05) is 11.1 Å². The van der Waals surface area contributed by atoms with Gasteiger partial charge in [0.1, 0.15) is 25.4 Å². The van der Waals surface area contributed by atoms with E-state index in [-0.39, 0.29) is 24.1 Å². The molecule has 2 aliphatic rings. The molecule has 2 aromatic carbocycles. The molecule has 0 saturated carbocycles. The van der Waals surface area contributed by atoms with E-state index in [1.165, 1.54) is 0 Å². The molecule has 0 bridgehead atoms. The summed E-state index contributed by atoms with van der Waals surface area (Å²) in [5, 5.41) is 0. The maximum Gasteiger partial charge on any atom is 0.333 e. The molecule has 2 unspecified atom stereocenters. The summed E-state index contributed by atoms with van der Waals surface area (Å²) in [5.41, 5.74) is 0.862. The minimum absolute atomic E-state index is 0.142. The Balaban J connectivity index is 0.000000219. The lowest BCUT2D eigenvalue weighted by Gasteiger charge is -1.99. The van der Waals surface area contributed by atoms with Crippen LogP contribution in [0.3, 0.4) is 0 Å². The zero-order chi connectivity index (χ0) is 23.6. The highest BCUT2D eigenvalue weighted by molar-refractivity contribution is 5.87. The van der Waals surface area contributed by atoms with Gasteiger partial charge in [-0.2, -0.15) is 0 Å². The molecular formula is C26H32O6. The molecule has 32 heavy (non-hydrogen) atoms.